The summed E-state index contributed by atoms with van der Waals surface area (Å²) in [7, 11) is 0. The van der Waals surface area contributed by atoms with Crippen LogP contribution in [0, 0.1) is 0 Å². The van der Waals surface area contributed by atoms with E-state index in [4.69, 9.17) is 5.11 Å². The highest BCUT2D eigenvalue weighted by molar-refractivity contribution is 9.10. The van der Waals surface area contributed by atoms with Crippen molar-refractivity contribution in [2.24, 2.45) is 0 Å². The first-order valence-corrected chi connectivity index (χ1v) is 4.21. The minimum atomic E-state index is -1.05. The highest BCUT2D eigenvalue weighted by atomic mass is 79.9. The number of halogens is 1. The molecule has 0 amide bonds. The normalized spacial score (nSPS) is 9.83. The quantitative estimate of drug-likeness (QED) is 0.668. The molecule has 0 spiro atoms. The van der Waals surface area contributed by atoms with Gasteiger partial charge in [-0.25, -0.2) is 4.79 Å². The van der Waals surface area contributed by atoms with Crippen LogP contribution in [-0.4, -0.2) is 16.2 Å². The molecule has 1 aromatic carbocycles. The lowest BCUT2D eigenvalue weighted by Gasteiger charge is -2.01. The largest absolute Gasteiger partial charge is 0.506 e. The van der Waals surface area contributed by atoms with Crippen molar-refractivity contribution in [3.05, 3.63) is 22.2 Å². The molecule has 12 heavy (non-hydrogen) atoms. The number of thiol groups is 1. The van der Waals surface area contributed by atoms with Crippen molar-refractivity contribution < 1.29 is 15.0 Å². The third-order valence-corrected chi connectivity index (χ3v) is 2.24. The van der Waals surface area contributed by atoms with Gasteiger partial charge in [0.1, 0.15) is 5.75 Å². The molecular weight excluding hydrogens is 244 g/mol. The van der Waals surface area contributed by atoms with E-state index >= 15 is 0 Å². The second-order valence-corrected chi connectivity index (χ2v) is 3.47. The van der Waals surface area contributed by atoms with Gasteiger partial charge < -0.3 is 10.2 Å². The van der Waals surface area contributed by atoms with Gasteiger partial charge in [-0.15, -0.1) is 12.6 Å². The van der Waals surface area contributed by atoms with Crippen molar-refractivity contribution in [1.29, 1.82) is 0 Å². The summed E-state index contributed by atoms with van der Waals surface area (Å²) in [5.74, 6) is -1.10. The van der Waals surface area contributed by atoms with E-state index in [1.165, 1.54) is 12.1 Å². The monoisotopic (exact) mass is 248 g/mol. The number of hydrogen-bond donors (Lipinski definition) is 3. The van der Waals surface area contributed by atoms with Crippen molar-refractivity contribution >= 4 is 34.5 Å². The molecule has 0 fully saturated rings. The number of phenolic OH excluding ortho intramolecular Hbond substituents is 1. The highest BCUT2D eigenvalue weighted by Gasteiger charge is 2.09. The van der Waals surface area contributed by atoms with Crippen molar-refractivity contribution in [3.8, 4) is 5.75 Å². The van der Waals surface area contributed by atoms with Crippen LogP contribution in [0.1, 0.15) is 10.4 Å². The molecule has 0 aliphatic heterocycles. The fourth-order valence-corrected chi connectivity index (χ4v) is 1.58. The summed E-state index contributed by atoms with van der Waals surface area (Å²) < 4.78 is 0.326. The van der Waals surface area contributed by atoms with Gasteiger partial charge in [-0.1, -0.05) is 0 Å². The van der Waals surface area contributed by atoms with E-state index in [1.807, 2.05) is 0 Å². The minimum absolute atomic E-state index is 0.0525. The Balaban J connectivity index is 3.31. The molecule has 0 bridgehead atoms. The maximum Gasteiger partial charge on any atom is 0.335 e. The molecule has 0 radical (unpaired) electrons. The number of hydrogen-bond acceptors (Lipinski definition) is 3. The fourth-order valence-electron chi connectivity index (χ4n) is 0.708. The van der Waals surface area contributed by atoms with Crippen molar-refractivity contribution in [2.45, 2.75) is 4.90 Å². The van der Waals surface area contributed by atoms with Crippen LogP contribution in [0.4, 0.5) is 0 Å². The fraction of sp³-hybridized carbons (Fsp3) is 0. The summed E-state index contributed by atoms with van der Waals surface area (Å²) in [4.78, 5) is 10.7. The third-order valence-electron chi connectivity index (χ3n) is 1.29. The Morgan fingerprint density at radius 2 is 2.08 bits per heavy atom. The van der Waals surface area contributed by atoms with Gasteiger partial charge in [-0.05, 0) is 28.1 Å². The zero-order valence-corrected chi connectivity index (χ0v) is 8.26. The number of rotatable bonds is 1. The first kappa shape index (κ1) is 9.41. The van der Waals surface area contributed by atoms with Gasteiger partial charge in [-0.2, -0.15) is 0 Å². The summed E-state index contributed by atoms with van der Waals surface area (Å²) in [6, 6.07) is 2.60. The molecule has 0 aliphatic carbocycles. The Morgan fingerprint density at radius 3 is 2.50 bits per heavy atom. The van der Waals surface area contributed by atoms with Crippen LogP contribution < -0.4 is 0 Å². The molecule has 0 atom stereocenters. The summed E-state index contributed by atoms with van der Waals surface area (Å²) in [6.45, 7) is 0. The van der Waals surface area contributed by atoms with Crippen molar-refractivity contribution in [2.75, 3.05) is 0 Å². The average Bonchev–Trinajstić information content (AvgIpc) is 1.99. The molecule has 5 heteroatoms. The first-order chi connectivity index (χ1) is 5.52. The minimum Gasteiger partial charge on any atom is -0.506 e. The predicted molar refractivity (Wildman–Crippen MR) is 50.0 cm³/mol. The number of carboxylic acids is 1. The molecule has 0 aliphatic rings. The zero-order valence-electron chi connectivity index (χ0n) is 5.78. The lowest BCUT2D eigenvalue weighted by molar-refractivity contribution is 0.0696. The summed E-state index contributed by atoms with van der Waals surface area (Å²) in [6.07, 6.45) is 0. The third kappa shape index (κ3) is 1.73. The standard InChI is InChI=1S/C7H5BrO3S/c8-4-1-3(7(10)11)2-5(12)6(4)9/h1-2,9,12H,(H,10,11). The number of carbonyl (C=O) groups is 1. The first-order valence-electron chi connectivity index (χ1n) is 2.97. The van der Waals surface area contributed by atoms with Crippen LogP contribution >= 0.6 is 28.6 Å². The summed E-state index contributed by atoms with van der Waals surface area (Å²) in [5, 5.41) is 17.8. The molecule has 0 heterocycles. The summed E-state index contributed by atoms with van der Waals surface area (Å²) >= 11 is 6.89. The number of aromatic hydroxyl groups is 1. The number of carboxylic acid groups (broad SMARTS) is 1. The second kappa shape index (κ2) is 3.37. The van der Waals surface area contributed by atoms with E-state index in [9.17, 15) is 9.90 Å². The van der Waals surface area contributed by atoms with E-state index < -0.39 is 5.97 Å². The maximum absolute atomic E-state index is 10.5. The molecule has 0 aromatic heterocycles. The maximum atomic E-state index is 10.5. The van der Waals surface area contributed by atoms with Crippen LogP contribution in [-0.2, 0) is 0 Å². The molecule has 1 aromatic rings. The van der Waals surface area contributed by atoms with E-state index in [2.05, 4.69) is 28.6 Å². The molecule has 0 unspecified atom stereocenters. The van der Waals surface area contributed by atoms with Gasteiger partial charge >= 0.3 is 5.97 Å². The topological polar surface area (TPSA) is 57.5 Å². The molecule has 0 saturated heterocycles. The Labute approximate surface area is 82.6 Å². The molecule has 3 nitrogen and oxygen atoms in total. The Hall–Kier alpha value is -0.680. The second-order valence-electron chi connectivity index (χ2n) is 2.13. The van der Waals surface area contributed by atoms with Crippen molar-refractivity contribution in [1.82, 2.24) is 0 Å². The van der Waals surface area contributed by atoms with Gasteiger partial charge in [0.15, 0.2) is 0 Å². The Kier molecular flexibility index (Phi) is 2.64. The Bertz CT molecular complexity index is 314. The zero-order chi connectivity index (χ0) is 9.30. The van der Waals surface area contributed by atoms with E-state index in [-0.39, 0.29) is 16.2 Å². The lowest BCUT2D eigenvalue weighted by Crippen LogP contribution is -1.95. The highest BCUT2D eigenvalue weighted by Crippen LogP contribution is 2.31. The van der Waals surface area contributed by atoms with Crippen molar-refractivity contribution in [3.63, 3.8) is 0 Å². The van der Waals surface area contributed by atoms with Crippen LogP contribution in [0.5, 0.6) is 5.75 Å². The van der Waals surface area contributed by atoms with E-state index in [0.29, 0.717) is 4.47 Å². The van der Waals surface area contributed by atoms with Crippen LogP contribution in [0.2, 0.25) is 0 Å². The van der Waals surface area contributed by atoms with Gasteiger partial charge in [0.2, 0.25) is 0 Å². The number of benzene rings is 1. The smallest absolute Gasteiger partial charge is 0.335 e. The van der Waals surface area contributed by atoms with Gasteiger partial charge in [0.25, 0.3) is 0 Å². The van der Waals surface area contributed by atoms with Crippen LogP contribution in [0.15, 0.2) is 21.5 Å². The van der Waals surface area contributed by atoms with E-state index in [1.54, 1.807) is 0 Å². The molecular formula is C7H5BrO3S. The predicted octanol–water partition coefficient (Wildman–Crippen LogP) is 2.14. The molecule has 0 saturated carbocycles. The van der Waals surface area contributed by atoms with Gasteiger partial charge in [-0.3, -0.25) is 0 Å². The van der Waals surface area contributed by atoms with E-state index in [0.717, 1.165) is 0 Å². The SMILES string of the molecule is O=C(O)c1cc(S)c(O)c(Br)c1. The average molecular weight is 249 g/mol. The molecule has 2 N–H and O–H groups in total. The van der Waals surface area contributed by atoms with Gasteiger partial charge in [0, 0.05) is 4.90 Å². The van der Waals surface area contributed by atoms with Crippen LogP contribution in [0.3, 0.4) is 0 Å². The number of aromatic carboxylic acids is 1. The lowest BCUT2D eigenvalue weighted by atomic mass is 10.2. The molecule has 1 rings (SSSR count). The van der Waals surface area contributed by atoms with Crippen LogP contribution in [0.25, 0.3) is 0 Å². The summed E-state index contributed by atoms with van der Waals surface area (Å²) in [5.41, 5.74) is 0.0877. The Morgan fingerprint density at radius 1 is 1.50 bits per heavy atom. The molecule has 64 valence electrons. The van der Waals surface area contributed by atoms with Gasteiger partial charge in [0.05, 0.1) is 10.0 Å². The number of phenols is 1.